The predicted octanol–water partition coefficient (Wildman–Crippen LogP) is 1.77. The van der Waals surface area contributed by atoms with Crippen LogP contribution in [0.3, 0.4) is 0 Å². The Morgan fingerprint density at radius 2 is 1.69 bits per heavy atom. The molecule has 1 fully saturated rings. The molecule has 6 nitrogen and oxygen atoms in total. The van der Waals surface area contributed by atoms with Gasteiger partial charge in [0.1, 0.15) is 0 Å². The Kier molecular flexibility index (Phi) is 6.82. The van der Waals surface area contributed by atoms with Crippen LogP contribution in [0.4, 0.5) is 0 Å². The van der Waals surface area contributed by atoms with Crippen molar-refractivity contribution in [1.29, 1.82) is 0 Å². The van der Waals surface area contributed by atoms with E-state index in [-0.39, 0.29) is 11.9 Å². The van der Waals surface area contributed by atoms with E-state index in [1.54, 1.807) is 12.1 Å². The molecular formula is C19H31N3O3S. The molecule has 1 aromatic carbocycles. The maximum absolute atomic E-state index is 12.9. The molecule has 1 N–H and O–H groups in total. The minimum Gasteiger partial charge on any atom is -0.354 e. The normalized spacial score (nSPS) is 18.1. The molecule has 1 atom stereocenters. The number of sulfonamides is 1. The summed E-state index contributed by atoms with van der Waals surface area (Å²) in [4.78, 5) is 14.6. The maximum Gasteiger partial charge on any atom is 0.243 e. The third-order valence-corrected chi connectivity index (χ3v) is 6.90. The number of aryl methyl sites for hydroxylation is 2. The number of piperazine rings is 1. The largest absolute Gasteiger partial charge is 0.354 e. The van der Waals surface area contributed by atoms with Crippen molar-refractivity contribution in [2.75, 3.05) is 32.7 Å². The van der Waals surface area contributed by atoms with E-state index in [1.807, 2.05) is 31.7 Å². The molecule has 1 amide bonds. The summed E-state index contributed by atoms with van der Waals surface area (Å²) in [5.74, 6) is 0.412. The molecule has 0 aromatic heterocycles. The molecule has 1 aliphatic heterocycles. The van der Waals surface area contributed by atoms with E-state index in [4.69, 9.17) is 0 Å². The molecule has 0 unspecified atom stereocenters. The van der Waals surface area contributed by atoms with E-state index >= 15 is 0 Å². The highest BCUT2D eigenvalue weighted by Gasteiger charge is 2.31. The number of benzene rings is 1. The van der Waals surface area contributed by atoms with Crippen LogP contribution in [0.5, 0.6) is 0 Å². The van der Waals surface area contributed by atoms with E-state index in [0.29, 0.717) is 43.5 Å². The first-order valence-electron chi connectivity index (χ1n) is 9.22. The van der Waals surface area contributed by atoms with E-state index in [9.17, 15) is 13.2 Å². The fourth-order valence-corrected chi connectivity index (χ4v) is 4.48. The molecule has 0 aliphatic carbocycles. The van der Waals surface area contributed by atoms with E-state index in [1.165, 1.54) is 4.31 Å². The summed E-state index contributed by atoms with van der Waals surface area (Å²) in [5, 5.41) is 2.95. The molecule has 1 aliphatic rings. The summed E-state index contributed by atoms with van der Waals surface area (Å²) < 4.78 is 27.3. The molecule has 7 heteroatoms. The van der Waals surface area contributed by atoms with Crippen LogP contribution in [0.25, 0.3) is 0 Å². The van der Waals surface area contributed by atoms with Crippen LogP contribution in [-0.4, -0.2) is 62.3 Å². The third kappa shape index (κ3) is 4.84. The topological polar surface area (TPSA) is 69.7 Å². The average molecular weight is 382 g/mol. The Hall–Kier alpha value is -1.44. The fraction of sp³-hybridized carbons (Fsp3) is 0.632. The molecule has 146 valence electrons. The van der Waals surface area contributed by atoms with Crippen molar-refractivity contribution in [3.05, 3.63) is 29.3 Å². The minimum absolute atomic E-state index is 0.00386. The molecule has 1 heterocycles. The Labute approximate surface area is 157 Å². The Morgan fingerprint density at radius 1 is 1.08 bits per heavy atom. The summed E-state index contributed by atoms with van der Waals surface area (Å²) in [7, 11) is -3.49. The van der Waals surface area contributed by atoms with Crippen molar-refractivity contribution >= 4 is 15.9 Å². The average Bonchev–Trinajstić information content (AvgIpc) is 2.61. The van der Waals surface area contributed by atoms with Crippen LogP contribution in [0, 0.1) is 19.8 Å². The highest BCUT2D eigenvalue weighted by molar-refractivity contribution is 7.89. The lowest BCUT2D eigenvalue weighted by molar-refractivity contribution is -0.126. The number of hydrogen-bond acceptors (Lipinski definition) is 4. The first-order valence-corrected chi connectivity index (χ1v) is 10.7. The first kappa shape index (κ1) is 20.9. The van der Waals surface area contributed by atoms with E-state index in [2.05, 4.69) is 19.2 Å². The van der Waals surface area contributed by atoms with Crippen LogP contribution >= 0.6 is 0 Å². The highest BCUT2D eigenvalue weighted by Crippen LogP contribution is 2.21. The molecule has 1 saturated heterocycles. The van der Waals surface area contributed by atoms with Gasteiger partial charge in [-0.25, -0.2) is 8.42 Å². The third-order valence-electron chi connectivity index (χ3n) is 5.00. The second-order valence-electron chi connectivity index (χ2n) is 7.50. The van der Waals surface area contributed by atoms with Gasteiger partial charge in [-0.05, 0) is 49.9 Å². The number of nitrogens with zero attached hydrogens (tertiary/aromatic N) is 2. The molecule has 1 aromatic rings. The zero-order valence-electron chi connectivity index (χ0n) is 16.4. The van der Waals surface area contributed by atoms with Gasteiger partial charge in [0.25, 0.3) is 0 Å². The van der Waals surface area contributed by atoms with Gasteiger partial charge in [-0.15, -0.1) is 0 Å². The number of amides is 1. The monoisotopic (exact) mass is 381 g/mol. The van der Waals surface area contributed by atoms with Gasteiger partial charge >= 0.3 is 0 Å². The first-order chi connectivity index (χ1) is 12.1. The quantitative estimate of drug-likeness (QED) is 0.815. The van der Waals surface area contributed by atoms with Gasteiger partial charge in [0.2, 0.25) is 15.9 Å². The van der Waals surface area contributed by atoms with Crippen molar-refractivity contribution in [1.82, 2.24) is 14.5 Å². The lowest BCUT2D eigenvalue weighted by atomic mass is 10.1. The van der Waals surface area contributed by atoms with Crippen molar-refractivity contribution in [3.63, 3.8) is 0 Å². The lowest BCUT2D eigenvalue weighted by Crippen LogP contribution is -2.55. The molecule has 0 bridgehead atoms. The van der Waals surface area contributed by atoms with Crippen molar-refractivity contribution in [3.8, 4) is 0 Å². The molecule has 0 radical (unpaired) electrons. The van der Waals surface area contributed by atoms with Gasteiger partial charge in [0.15, 0.2) is 0 Å². The van der Waals surface area contributed by atoms with Crippen LogP contribution < -0.4 is 5.32 Å². The van der Waals surface area contributed by atoms with Crippen LogP contribution in [-0.2, 0) is 14.8 Å². The minimum atomic E-state index is -3.49. The highest BCUT2D eigenvalue weighted by atomic mass is 32.2. The number of carbonyl (C=O) groups is 1. The van der Waals surface area contributed by atoms with Crippen molar-refractivity contribution in [2.45, 2.75) is 45.6 Å². The zero-order chi connectivity index (χ0) is 19.5. The molecule has 26 heavy (non-hydrogen) atoms. The van der Waals surface area contributed by atoms with Crippen LogP contribution in [0.15, 0.2) is 23.1 Å². The molecular weight excluding hydrogens is 350 g/mol. The van der Waals surface area contributed by atoms with Gasteiger partial charge in [-0.3, -0.25) is 9.69 Å². The predicted molar refractivity (Wildman–Crippen MR) is 104 cm³/mol. The van der Waals surface area contributed by atoms with E-state index in [0.717, 1.165) is 11.1 Å². The van der Waals surface area contributed by atoms with Gasteiger partial charge < -0.3 is 5.32 Å². The molecule has 2 rings (SSSR count). The SMILES string of the molecule is Cc1ccc(S(=O)(=O)N2CCN([C@@H](C)C(=O)NCC(C)C)CC2)cc1C. The summed E-state index contributed by atoms with van der Waals surface area (Å²) in [6.45, 7) is 12.4. The smallest absolute Gasteiger partial charge is 0.243 e. The zero-order valence-corrected chi connectivity index (χ0v) is 17.3. The second kappa shape index (κ2) is 8.50. The van der Waals surface area contributed by atoms with Crippen molar-refractivity contribution < 1.29 is 13.2 Å². The van der Waals surface area contributed by atoms with Gasteiger partial charge in [0.05, 0.1) is 10.9 Å². The summed E-state index contributed by atoms with van der Waals surface area (Å²) in [6.07, 6.45) is 0. The van der Waals surface area contributed by atoms with Crippen molar-refractivity contribution in [2.24, 2.45) is 5.92 Å². The summed E-state index contributed by atoms with van der Waals surface area (Å²) in [6, 6.07) is 5.00. The Balaban J connectivity index is 1.98. The Bertz CT molecular complexity index is 738. The number of rotatable bonds is 6. The number of carbonyl (C=O) groups excluding carboxylic acids is 1. The fourth-order valence-electron chi connectivity index (χ4n) is 2.97. The van der Waals surface area contributed by atoms with Gasteiger partial charge in [-0.2, -0.15) is 4.31 Å². The molecule has 0 spiro atoms. The van der Waals surface area contributed by atoms with Crippen LogP contribution in [0.1, 0.15) is 31.9 Å². The van der Waals surface area contributed by atoms with Gasteiger partial charge in [0, 0.05) is 32.7 Å². The number of nitrogens with one attached hydrogen (secondary N) is 1. The number of hydrogen-bond donors (Lipinski definition) is 1. The lowest BCUT2D eigenvalue weighted by Gasteiger charge is -2.36. The van der Waals surface area contributed by atoms with Gasteiger partial charge in [-0.1, -0.05) is 19.9 Å². The second-order valence-corrected chi connectivity index (χ2v) is 9.44. The summed E-state index contributed by atoms with van der Waals surface area (Å²) in [5.41, 5.74) is 2.05. The summed E-state index contributed by atoms with van der Waals surface area (Å²) >= 11 is 0. The van der Waals surface area contributed by atoms with E-state index < -0.39 is 10.0 Å². The maximum atomic E-state index is 12.9. The van der Waals surface area contributed by atoms with Crippen LogP contribution in [0.2, 0.25) is 0 Å². The Morgan fingerprint density at radius 3 is 2.23 bits per heavy atom. The standard InChI is InChI=1S/C19H31N3O3S/c1-14(2)13-20-19(23)17(5)21-8-10-22(11-9-21)26(24,25)18-7-6-15(3)16(4)12-18/h6-7,12,14,17H,8-11,13H2,1-5H3,(H,20,23)/t17-/m0/s1. The molecule has 0 saturated carbocycles.